The summed E-state index contributed by atoms with van der Waals surface area (Å²) in [4.78, 5) is 2.66. The topological polar surface area (TPSA) is 29.3 Å². The van der Waals surface area contributed by atoms with Crippen molar-refractivity contribution in [3.63, 3.8) is 0 Å². The van der Waals surface area contributed by atoms with Crippen molar-refractivity contribution >= 4 is 23.5 Å². The molecule has 2 aliphatic heterocycles. The van der Waals surface area contributed by atoms with Crippen molar-refractivity contribution in [2.24, 2.45) is 5.73 Å². The average molecular weight is 232 g/mol. The van der Waals surface area contributed by atoms with Crippen LogP contribution in [0.1, 0.15) is 13.3 Å². The van der Waals surface area contributed by atoms with Crippen LogP contribution >= 0.6 is 23.5 Å². The maximum absolute atomic E-state index is 5.98. The van der Waals surface area contributed by atoms with Crippen LogP contribution in [0.15, 0.2) is 0 Å². The lowest BCUT2D eigenvalue weighted by Gasteiger charge is -2.44. The first-order chi connectivity index (χ1) is 6.77. The van der Waals surface area contributed by atoms with Gasteiger partial charge in [-0.05, 0) is 12.2 Å². The zero-order valence-electron chi connectivity index (χ0n) is 8.87. The van der Waals surface area contributed by atoms with E-state index in [0.29, 0.717) is 5.54 Å². The average Bonchev–Trinajstić information content (AvgIpc) is 2.67. The third kappa shape index (κ3) is 2.08. The summed E-state index contributed by atoms with van der Waals surface area (Å²) in [6.07, 6.45) is 1.30. The molecule has 2 atom stereocenters. The van der Waals surface area contributed by atoms with Crippen LogP contribution in [0, 0.1) is 0 Å². The smallest absolute Gasteiger partial charge is 0.0430 e. The fraction of sp³-hybridized carbons (Fsp3) is 1.00. The Bertz CT molecular complexity index is 193. The highest BCUT2D eigenvalue weighted by atomic mass is 32.2. The van der Waals surface area contributed by atoms with Gasteiger partial charge in [-0.3, -0.25) is 4.90 Å². The largest absolute Gasteiger partial charge is 0.329 e. The minimum Gasteiger partial charge on any atom is -0.329 e. The van der Waals surface area contributed by atoms with Gasteiger partial charge in [0, 0.05) is 41.9 Å². The zero-order chi connectivity index (χ0) is 10.0. The van der Waals surface area contributed by atoms with Crippen molar-refractivity contribution in [2.75, 3.05) is 36.9 Å². The Morgan fingerprint density at radius 1 is 1.50 bits per heavy atom. The first-order valence-corrected chi connectivity index (χ1v) is 7.62. The second-order valence-corrected chi connectivity index (χ2v) is 7.01. The lowest BCUT2D eigenvalue weighted by Crippen LogP contribution is -2.57. The Balaban J connectivity index is 2.03. The molecule has 2 aliphatic rings. The summed E-state index contributed by atoms with van der Waals surface area (Å²) in [6.45, 7) is 5.66. The molecule has 2 N–H and O–H groups in total. The third-order valence-electron chi connectivity index (χ3n) is 3.37. The minimum absolute atomic E-state index is 0.347. The summed E-state index contributed by atoms with van der Waals surface area (Å²) < 4.78 is 0. The van der Waals surface area contributed by atoms with Crippen molar-refractivity contribution in [3.8, 4) is 0 Å². The van der Waals surface area contributed by atoms with Crippen LogP contribution in [0.25, 0.3) is 0 Å². The molecule has 2 saturated heterocycles. The molecule has 0 aliphatic carbocycles. The van der Waals surface area contributed by atoms with Crippen LogP contribution in [-0.2, 0) is 0 Å². The first-order valence-electron chi connectivity index (χ1n) is 5.41. The Morgan fingerprint density at radius 2 is 2.36 bits per heavy atom. The fourth-order valence-corrected chi connectivity index (χ4v) is 4.89. The predicted octanol–water partition coefficient (Wildman–Crippen LogP) is 1.26. The summed E-state index contributed by atoms with van der Waals surface area (Å²) in [5.41, 5.74) is 6.33. The molecule has 82 valence electrons. The molecule has 2 fully saturated rings. The van der Waals surface area contributed by atoms with E-state index < -0.39 is 0 Å². The second kappa shape index (κ2) is 4.64. The molecule has 0 amide bonds. The number of nitrogens with two attached hydrogens (primary N) is 1. The lowest BCUT2D eigenvalue weighted by atomic mass is 9.96. The molecular formula is C10H20N2S2. The molecule has 4 heteroatoms. The van der Waals surface area contributed by atoms with Crippen LogP contribution in [-0.4, -0.2) is 52.6 Å². The molecule has 2 unspecified atom stereocenters. The van der Waals surface area contributed by atoms with Crippen LogP contribution in [0.3, 0.4) is 0 Å². The van der Waals surface area contributed by atoms with Crippen LogP contribution in [0.5, 0.6) is 0 Å². The Morgan fingerprint density at radius 3 is 2.93 bits per heavy atom. The number of thioether (sulfide) groups is 2. The summed E-state index contributed by atoms with van der Waals surface area (Å²) in [5, 5.41) is 0.790. The number of rotatable bonds is 2. The number of hydrogen-bond acceptors (Lipinski definition) is 4. The molecule has 2 heterocycles. The van der Waals surface area contributed by atoms with E-state index in [-0.39, 0.29) is 0 Å². The fourth-order valence-electron chi connectivity index (χ4n) is 2.39. The molecule has 0 aromatic heterocycles. The van der Waals surface area contributed by atoms with Crippen molar-refractivity contribution in [3.05, 3.63) is 0 Å². The summed E-state index contributed by atoms with van der Waals surface area (Å²) in [6, 6.07) is 0. The predicted molar refractivity (Wildman–Crippen MR) is 67.2 cm³/mol. The van der Waals surface area contributed by atoms with Gasteiger partial charge in [-0.25, -0.2) is 0 Å². The van der Waals surface area contributed by atoms with E-state index in [1.807, 2.05) is 0 Å². The van der Waals surface area contributed by atoms with Crippen molar-refractivity contribution < 1.29 is 0 Å². The van der Waals surface area contributed by atoms with Crippen molar-refractivity contribution in [1.82, 2.24) is 4.90 Å². The van der Waals surface area contributed by atoms with Gasteiger partial charge < -0.3 is 5.73 Å². The van der Waals surface area contributed by atoms with Gasteiger partial charge in [-0.1, -0.05) is 6.92 Å². The summed E-state index contributed by atoms with van der Waals surface area (Å²) in [5.74, 6) is 3.84. The maximum Gasteiger partial charge on any atom is 0.0430 e. The van der Waals surface area contributed by atoms with Gasteiger partial charge in [0.05, 0.1) is 0 Å². The minimum atomic E-state index is 0.347. The molecule has 0 spiro atoms. The third-order valence-corrected chi connectivity index (χ3v) is 5.74. The van der Waals surface area contributed by atoms with Gasteiger partial charge in [-0.15, -0.1) is 0 Å². The monoisotopic (exact) mass is 232 g/mol. The Labute approximate surface area is 95.4 Å². The Hall–Kier alpha value is 0.620. The molecule has 2 nitrogen and oxygen atoms in total. The molecule has 0 saturated carbocycles. The van der Waals surface area contributed by atoms with E-state index in [0.717, 1.165) is 11.8 Å². The van der Waals surface area contributed by atoms with Crippen molar-refractivity contribution in [1.29, 1.82) is 0 Å². The van der Waals surface area contributed by atoms with E-state index >= 15 is 0 Å². The first kappa shape index (κ1) is 11.1. The van der Waals surface area contributed by atoms with Crippen LogP contribution in [0.4, 0.5) is 0 Å². The number of nitrogens with zero attached hydrogens (tertiary/aromatic N) is 1. The molecule has 14 heavy (non-hydrogen) atoms. The van der Waals surface area contributed by atoms with Gasteiger partial charge in [0.1, 0.15) is 0 Å². The van der Waals surface area contributed by atoms with Gasteiger partial charge in [0.25, 0.3) is 0 Å². The molecule has 0 aromatic carbocycles. The van der Waals surface area contributed by atoms with E-state index in [1.165, 1.54) is 36.8 Å². The van der Waals surface area contributed by atoms with E-state index in [4.69, 9.17) is 5.73 Å². The highest BCUT2D eigenvalue weighted by Gasteiger charge is 2.40. The zero-order valence-corrected chi connectivity index (χ0v) is 10.5. The Kier molecular flexibility index (Phi) is 3.68. The molecule has 2 rings (SSSR count). The maximum atomic E-state index is 5.98. The second-order valence-electron chi connectivity index (χ2n) is 4.36. The van der Waals surface area contributed by atoms with Gasteiger partial charge >= 0.3 is 0 Å². The summed E-state index contributed by atoms with van der Waals surface area (Å²) >= 11 is 4.17. The van der Waals surface area contributed by atoms with Gasteiger partial charge in [0.15, 0.2) is 0 Å². The highest BCUT2D eigenvalue weighted by Crippen LogP contribution is 2.35. The van der Waals surface area contributed by atoms with E-state index in [1.54, 1.807) is 0 Å². The van der Waals surface area contributed by atoms with Crippen molar-refractivity contribution in [2.45, 2.75) is 24.1 Å². The number of hydrogen-bond donors (Lipinski definition) is 1. The van der Waals surface area contributed by atoms with Gasteiger partial charge in [-0.2, -0.15) is 23.5 Å². The van der Waals surface area contributed by atoms with Crippen LogP contribution < -0.4 is 5.73 Å². The van der Waals surface area contributed by atoms with E-state index in [9.17, 15) is 0 Å². The normalized spacial score (nSPS) is 40.3. The quantitative estimate of drug-likeness (QED) is 0.776. The SMILES string of the molecule is CC1CN(C2(CN)CCSC2)CCS1. The van der Waals surface area contributed by atoms with Gasteiger partial charge in [0.2, 0.25) is 0 Å². The lowest BCUT2D eigenvalue weighted by molar-refractivity contribution is 0.122. The molecule has 0 aromatic rings. The van der Waals surface area contributed by atoms with Crippen LogP contribution in [0.2, 0.25) is 0 Å². The summed E-state index contributed by atoms with van der Waals surface area (Å²) in [7, 11) is 0. The highest BCUT2D eigenvalue weighted by molar-refractivity contribution is 8.00. The molecule has 0 radical (unpaired) electrons. The standard InChI is InChI=1S/C10H20N2S2/c1-9-6-12(3-5-14-9)10(7-11)2-4-13-8-10/h9H,2-8,11H2,1H3. The molecule has 0 bridgehead atoms. The van der Waals surface area contributed by atoms with E-state index in [2.05, 4.69) is 35.3 Å². The molecular weight excluding hydrogens is 212 g/mol.